The number of amides is 1. The summed E-state index contributed by atoms with van der Waals surface area (Å²) in [5.41, 5.74) is 6.40. The van der Waals surface area contributed by atoms with E-state index in [4.69, 9.17) is 10.5 Å². The van der Waals surface area contributed by atoms with Crippen LogP contribution in [0, 0.1) is 5.82 Å². The molecule has 1 aromatic carbocycles. The van der Waals surface area contributed by atoms with E-state index in [-0.39, 0.29) is 5.56 Å². The van der Waals surface area contributed by atoms with Gasteiger partial charge in [-0.05, 0) is 39.0 Å². The van der Waals surface area contributed by atoms with Gasteiger partial charge in [-0.3, -0.25) is 10.4 Å². The number of benzene rings is 1. The number of anilines is 2. The molecule has 2 aromatic rings. The van der Waals surface area contributed by atoms with Gasteiger partial charge in [0.15, 0.2) is 0 Å². The largest absolute Gasteiger partial charge is 0.444 e. The molecule has 0 aliphatic rings. The van der Waals surface area contributed by atoms with Crippen molar-refractivity contribution in [2.24, 2.45) is 0 Å². The van der Waals surface area contributed by atoms with Crippen LogP contribution in [0.15, 0.2) is 24.4 Å². The Hall–Kier alpha value is -2.57. The van der Waals surface area contributed by atoms with Crippen LogP contribution in [0.5, 0.6) is 0 Å². The van der Waals surface area contributed by atoms with E-state index in [1.807, 2.05) is 0 Å². The number of halogens is 1. The van der Waals surface area contributed by atoms with E-state index in [2.05, 4.69) is 15.5 Å². The number of aromatic amines is 1. The molecule has 0 spiro atoms. The van der Waals surface area contributed by atoms with Crippen LogP contribution in [-0.4, -0.2) is 21.9 Å². The number of hydrogen-bond donors (Lipinski definition) is 3. The fraction of sp³-hybridized carbons (Fsp3) is 0.286. The first-order chi connectivity index (χ1) is 9.76. The fourth-order valence-corrected chi connectivity index (χ4v) is 1.73. The molecule has 0 atom stereocenters. The summed E-state index contributed by atoms with van der Waals surface area (Å²) in [7, 11) is 0. The van der Waals surface area contributed by atoms with Crippen molar-refractivity contribution in [3.8, 4) is 11.3 Å². The minimum atomic E-state index is -0.613. The molecule has 7 heteroatoms. The molecule has 0 fully saturated rings. The molecular weight excluding hydrogens is 275 g/mol. The van der Waals surface area contributed by atoms with E-state index in [1.54, 1.807) is 20.8 Å². The summed E-state index contributed by atoms with van der Waals surface area (Å²) in [6.45, 7) is 5.27. The lowest BCUT2D eigenvalue weighted by Gasteiger charge is -2.19. The van der Waals surface area contributed by atoms with Crippen LogP contribution in [0.25, 0.3) is 11.3 Å². The molecular formula is C14H17FN4O2. The zero-order chi connectivity index (χ0) is 15.6. The van der Waals surface area contributed by atoms with E-state index in [9.17, 15) is 9.18 Å². The number of ether oxygens (including phenoxy) is 1. The van der Waals surface area contributed by atoms with E-state index in [0.717, 1.165) is 0 Å². The lowest BCUT2D eigenvalue weighted by Crippen LogP contribution is -2.27. The highest BCUT2D eigenvalue weighted by molar-refractivity contribution is 5.86. The van der Waals surface area contributed by atoms with Crippen LogP contribution in [0.1, 0.15) is 20.8 Å². The highest BCUT2D eigenvalue weighted by Crippen LogP contribution is 2.28. The number of carbonyl (C=O) groups is 1. The third kappa shape index (κ3) is 3.71. The molecule has 1 heterocycles. The van der Waals surface area contributed by atoms with Crippen molar-refractivity contribution in [1.82, 2.24) is 10.2 Å². The molecule has 4 N–H and O–H groups in total. The maximum absolute atomic E-state index is 13.9. The van der Waals surface area contributed by atoms with E-state index in [1.165, 1.54) is 24.4 Å². The first-order valence-electron chi connectivity index (χ1n) is 6.35. The average molecular weight is 292 g/mol. The fourth-order valence-electron chi connectivity index (χ4n) is 1.73. The number of aromatic nitrogens is 2. The predicted octanol–water partition coefficient (Wildman–Crippen LogP) is 3.15. The normalized spacial score (nSPS) is 11.2. The topological polar surface area (TPSA) is 93.0 Å². The van der Waals surface area contributed by atoms with E-state index >= 15 is 0 Å². The molecule has 6 nitrogen and oxygen atoms in total. The lowest BCUT2D eigenvalue weighted by molar-refractivity contribution is 0.0636. The third-order valence-electron chi connectivity index (χ3n) is 2.55. The van der Waals surface area contributed by atoms with E-state index in [0.29, 0.717) is 17.1 Å². The Morgan fingerprint density at radius 1 is 1.43 bits per heavy atom. The number of nitrogens with two attached hydrogens (primary N) is 1. The first kappa shape index (κ1) is 14.8. The zero-order valence-corrected chi connectivity index (χ0v) is 12.0. The Bertz CT molecular complexity index is 661. The second-order valence-corrected chi connectivity index (χ2v) is 5.52. The predicted molar refractivity (Wildman–Crippen MR) is 78.3 cm³/mol. The van der Waals surface area contributed by atoms with Crippen molar-refractivity contribution in [1.29, 1.82) is 0 Å². The highest BCUT2D eigenvalue weighted by atomic mass is 19.1. The van der Waals surface area contributed by atoms with Gasteiger partial charge < -0.3 is 10.5 Å². The van der Waals surface area contributed by atoms with Crippen LogP contribution < -0.4 is 11.1 Å². The molecule has 0 aliphatic carbocycles. The Morgan fingerprint density at radius 2 is 2.14 bits per heavy atom. The molecule has 0 bridgehead atoms. The van der Waals surface area contributed by atoms with Crippen molar-refractivity contribution in [2.45, 2.75) is 26.4 Å². The number of nitrogens with one attached hydrogen (secondary N) is 2. The van der Waals surface area contributed by atoms with Gasteiger partial charge in [0.2, 0.25) is 0 Å². The highest BCUT2D eigenvalue weighted by Gasteiger charge is 2.17. The van der Waals surface area contributed by atoms with Gasteiger partial charge >= 0.3 is 6.09 Å². The molecule has 0 radical (unpaired) electrons. The van der Waals surface area contributed by atoms with Gasteiger partial charge in [-0.25, -0.2) is 9.18 Å². The number of hydrogen-bond acceptors (Lipinski definition) is 4. The summed E-state index contributed by atoms with van der Waals surface area (Å²) in [4.78, 5) is 11.7. The molecule has 2 rings (SSSR count). The number of carbonyl (C=O) groups excluding carboxylic acids is 1. The van der Waals surface area contributed by atoms with Crippen LogP contribution in [-0.2, 0) is 4.74 Å². The molecule has 0 aliphatic heterocycles. The smallest absolute Gasteiger partial charge is 0.412 e. The summed E-state index contributed by atoms with van der Waals surface area (Å²) < 4.78 is 19.0. The quantitative estimate of drug-likeness (QED) is 0.792. The summed E-state index contributed by atoms with van der Waals surface area (Å²) >= 11 is 0. The molecule has 112 valence electrons. The second kappa shape index (κ2) is 5.43. The second-order valence-electron chi connectivity index (χ2n) is 5.52. The van der Waals surface area contributed by atoms with Crippen molar-refractivity contribution < 1.29 is 13.9 Å². The Kier molecular flexibility index (Phi) is 3.84. The molecule has 0 unspecified atom stereocenters. The third-order valence-corrected chi connectivity index (χ3v) is 2.55. The lowest BCUT2D eigenvalue weighted by atomic mass is 10.1. The number of rotatable bonds is 2. The van der Waals surface area contributed by atoms with Crippen LogP contribution in [0.4, 0.5) is 20.6 Å². The van der Waals surface area contributed by atoms with Crippen molar-refractivity contribution in [3.63, 3.8) is 0 Å². The van der Waals surface area contributed by atoms with Gasteiger partial charge in [-0.1, -0.05) is 0 Å². The van der Waals surface area contributed by atoms with Gasteiger partial charge in [0.1, 0.15) is 11.4 Å². The van der Waals surface area contributed by atoms with Crippen LogP contribution >= 0.6 is 0 Å². The SMILES string of the molecule is CC(C)(C)OC(=O)Nc1ccc(F)c(-c2[nH]ncc2N)c1. The zero-order valence-electron chi connectivity index (χ0n) is 12.0. The van der Waals surface area contributed by atoms with Crippen molar-refractivity contribution >= 4 is 17.5 Å². The average Bonchev–Trinajstić information content (AvgIpc) is 2.75. The van der Waals surface area contributed by atoms with Gasteiger partial charge in [-0.15, -0.1) is 0 Å². The standard InChI is InChI=1S/C14H17FN4O2/c1-14(2,3)21-13(20)18-8-4-5-10(15)9(6-8)12-11(16)7-17-19-12/h4-7H,16H2,1-3H3,(H,17,19)(H,18,20). The minimum absolute atomic E-state index is 0.221. The molecule has 21 heavy (non-hydrogen) atoms. The van der Waals surface area contributed by atoms with E-state index < -0.39 is 17.5 Å². The number of H-pyrrole nitrogens is 1. The van der Waals surface area contributed by atoms with Gasteiger partial charge in [0.05, 0.1) is 17.6 Å². The minimum Gasteiger partial charge on any atom is -0.444 e. The molecule has 1 aromatic heterocycles. The molecule has 1 amide bonds. The number of nitrogens with zero attached hydrogens (tertiary/aromatic N) is 1. The van der Waals surface area contributed by atoms with Gasteiger partial charge in [0, 0.05) is 11.3 Å². The first-order valence-corrected chi connectivity index (χ1v) is 6.35. The summed E-state index contributed by atoms with van der Waals surface area (Å²) in [5.74, 6) is -0.472. The monoisotopic (exact) mass is 292 g/mol. The maximum Gasteiger partial charge on any atom is 0.412 e. The maximum atomic E-state index is 13.9. The van der Waals surface area contributed by atoms with Crippen LogP contribution in [0.3, 0.4) is 0 Å². The number of nitrogen functional groups attached to an aromatic ring is 1. The summed E-state index contributed by atoms with van der Waals surface area (Å²) in [6, 6.07) is 4.14. The van der Waals surface area contributed by atoms with Crippen molar-refractivity contribution in [2.75, 3.05) is 11.1 Å². The summed E-state index contributed by atoms with van der Waals surface area (Å²) in [5, 5.41) is 8.92. The molecule has 0 saturated carbocycles. The molecule has 0 saturated heterocycles. The van der Waals surface area contributed by atoms with Crippen LogP contribution in [0.2, 0.25) is 0 Å². The van der Waals surface area contributed by atoms with Crippen molar-refractivity contribution in [3.05, 3.63) is 30.2 Å². The Labute approximate surface area is 121 Å². The Morgan fingerprint density at radius 3 is 2.71 bits per heavy atom. The Balaban J connectivity index is 2.24. The summed E-state index contributed by atoms with van der Waals surface area (Å²) in [6.07, 6.45) is 0.778. The van der Waals surface area contributed by atoms with Gasteiger partial charge in [-0.2, -0.15) is 5.10 Å². The van der Waals surface area contributed by atoms with Gasteiger partial charge in [0.25, 0.3) is 0 Å².